The summed E-state index contributed by atoms with van der Waals surface area (Å²) in [6.45, 7) is 3.82. The Morgan fingerprint density at radius 2 is 1.50 bits per heavy atom. The molecule has 0 unspecified atom stereocenters. The number of rotatable bonds is 6. The van der Waals surface area contributed by atoms with Crippen molar-refractivity contribution in [2.75, 3.05) is 13.7 Å². The monoisotopic (exact) mass is 324 g/mol. The maximum Gasteiger partial charge on any atom is 0.379 e. The topological polar surface area (TPSA) is 52.6 Å². The molecular formula is C20H20O4. The summed E-state index contributed by atoms with van der Waals surface area (Å²) in [5.74, 6) is -0.808. The fraction of sp³-hybridized carbons (Fsp3) is 0.200. The van der Waals surface area contributed by atoms with Gasteiger partial charge in [-0.2, -0.15) is 0 Å². The predicted octanol–water partition coefficient (Wildman–Crippen LogP) is 3.57. The van der Waals surface area contributed by atoms with Crippen molar-refractivity contribution in [3.8, 4) is 5.75 Å². The summed E-state index contributed by atoms with van der Waals surface area (Å²) in [5.41, 5.74) is 3.45. The molecule has 0 spiro atoms. The molecule has 2 aromatic carbocycles. The van der Waals surface area contributed by atoms with Crippen molar-refractivity contribution >= 4 is 17.3 Å². The number of aryl methyl sites for hydroxylation is 1. The van der Waals surface area contributed by atoms with Crippen molar-refractivity contribution in [1.29, 1.82) is 0 Å². The standard InChI is InChI=1S/C20H20O4/c1-4-24-20(22)19(21)13-18(15-7-5-14(2)6-8-15)16-9-11-17(23-3)12-10-16/h5-13H,4H2,1-3H3/b18-13+. The summed E-state index contributed by atoms with van der Waals surface area (Å²) in [6.07, 6.45) is 1.32. The molecule has 2 aromatic rings. The minimum absolute atomic E-state index is 0.167. The maximum atomic E-state index is 12.1. The van der Waals surface area contributed by atoms with Gasteiger partial charge in [0.15, 0.2) is 0 Å². The smallest absolute Gasteiger partial charge is 0.379 e. The van der Waals surface area contributed by atoms with Crippen LogP contribution in [0.4, 0.5) is 0 Å². The Labute approximate surface area is 141 Å². The molecule has 0 bridgehead atoms. The molecule has 0 amide bonds. The first-order valence-corrected chi connectivity index (χ1v) is 7.69. The zero-order chi connectivity index (χ0) is 17.5. The second-order valence-corrected chi connectivity index (χ2v) is 5.24. The first kappa shape index (κ1) is 17.5. The Hall–Kier alpha value is -2.88. The van der Waals surface area contributed by atoms with E-state index < -0.39 is 11.8 Å². The van der Waals surface area contributed by atoms with Crippen LogP contribution in [0.25, 0.3) is 5.57 Å². The van der Waals surface area contributed by atoms with E-state index in [4.69, 9.17) is 9.47 Å². The van der Waals surface area contributed by atoms with Crippen LogP contribution >= 0.6 is 0 Å². The lowest BCUT2D eigenvalue weighted by Crippen LogP contribution is -2.15. The van der Waals surface area contributed by atoms with E-state index >= 15 is 0 Å². The fourth-order valence-electron chi connectivity index (χ4n) is 2.23. The van der Waals surface area contributed by atoms with Gasteiger partial charge in [-0.3, -0.25) is 4.79 Å². The van der Waals surface area contributed by atoms with E-state index in [1.807, 2.05) is 55.5 Å². The minimum atomic E-state index is -0.851. The molecule has 0 atom stereocenters. The van der Waals surface area contributed by atoms with Crippen molar-refractivity contribution < 1.29 is 19.1 Å². The summed E-state index contributed by atoms with van der Waals surface area (Å²) in [7, 11) is 1.59. The lowest BCUT2D eigenvalue weighted by atomic mass is 9.96. The average molecular weight is 324 g/mol. The van der Waals surface area contributed by atoms with Crippen LogP contribution in [0.15, 0.2) is 54.6 Å². The van der Waals surface area contributed by atoms with Crippen LogP contribution in [-0.2, 0) is 14.3 Å². The number of hydrogen-bond acceptors (Lipinski definition) is 4. The Balaban J connectivity index is 2.46. The first-order chi connectivity index (χ1) is 11.5. The van der Waals surface area contributed by atoms with Gasteiger partial charge in [0.25, 0.3) is 5.78 Å². The zero-order valence-corrected chi connectivity index (χ0v) is 14.0. The van der Waals surface area contributed by atoms with Crippen LogP contribution < -0.4 is 4.74 Å². The Morgan fingerprint density at radius 3 is 2.00 bits per heavy atom. The van der Waals surface area contributed by atoms with Crippen LogP contribution in [0, 0.1) is 6.92 Å². The second kappa shape index (κ2) is 8.11. The van der Waals surface area contributed by atoms with Crippen molar-refractivity contribution in [3.05, 3.63) is 71.3 Å². The van der Waals surface area contributed by atoms with E-state index in [2.05, 4.69) is 0 Å². The van der Waals surface area contributed by atoms with Crippen molar-refractivity contribution in [2.24, 2.45) is 0 Å². The molecule has 4 heteroatoms. The first-order valence-electron chi connectivity index (χ1n) is 7.69. The molecule has 0 heterocycles. The molecular weight excluding hydrogens is 304 g/mol. The third-order valence-corrected chi connectivity index (χ3v) is 3.52. The maximum absolute atomic E-state index is 12.1. The highest BCUT2D eigenvalue weighted by Gasteiger charge is 2.15. The lowest BCUT2D eigenvalue weighted by molar-refractivity contribution is -0.151. The van der Waals surface area contributed by atoms with Gasteiger partial charge in [-0.1, -0.05) is 42.0 Å². The van der Waals surface area contributed by atoms with Crippen molar-refractivity contribution in [1.82, 2.24) is 0 Å². The number of hydrogen-bond donors (Lipinski definition) is 0. The number of methoxy groups -OCH3 is 1. The number of ether oxygens (including phenoxy) is 2. The fourth-order valence-corrected chi connectivity index (χ4v) is 2.23. The van der Waals surface area contributed by atoms with Crippen LogP contribution in [0.3, 0.4) is 0 Å². The number of ketones is 1. The van der Waals surface area contributed by atoms with Gasteiger partial charge in [0, 0.05) is 6.08 Å². The Morgan fingerprint density at radius 1 is 0.958 bits per heavy atom. The Bertz CT molecular complexity index is 740. The van der Waals surface area contributed by atoms with Gasteiger partial charge in [-0.15, -0.1) is 0 Å². The quantitative estimate of drug-likeness (QED) is 0.463. The van der Waals surface area contributed by atoms with E-state index in [1.54, 1.807) is 14.0 Å². The van der Waals surface area contributed by atoms with E-state index in [0.717, 1.165) is 22.4 Å². The highest BCUT2D eigenvalue weighted by Crippen LogP contribution is 2.25. The lowest BCUT2D eigenvalue weighted by Gasteiger charge is -2.10. The van der Waals surface area contributed by atoms with Crippen LogP contribution in [0.2, 0.25) is 0 Å². The Kier molecular flexibility index (Phi) is 5.90. The van der Waals surface area contributed by atoms with Gasteiger partial charge in [0.2, 0.25) is 0 Å². The van der Waals surface area contributed by atoms with Gasteiger partial charge < -0.3 is 9.47 Å². The molecule has 2 rings (SSSR count). The summed E-state index contributed by atoms with van der Waals surface area (Å²) in [4.78, 5) is 23.8. The predicted molar refractivity (Wildman–Crippen MR) is 92.9 cm³/mol. The molecule has 124 valence electrons. The second-order valence-electron chi connectivity index (χ2n) is 5.24. The molecule has 0 saturated heterocycles. The van der Waals surface area contributed by atoms with Crippen LogP contribution in [0.1, 0.15) is 23.6 Å². The zero-order valence-electron chi connectivity index (χ0n) is 14.0. The molecule has 4 nitrogen and oxygen atoms in total. The van der Waals surface area contributed by atoms with Crippen molar-refractivity contribution in [2.45, 2.75) is 13.8 Å². The van der Waals surface area contributed by atoms with Gasteiger partial charge in [-0.05, 0) is 42.7 Å². The van der Waals surface area contributed by atoms with E-state index in [9.17, 15) is 9.59 Å². The van der Waals surface area contributed by atoms with Crippen molar-refractivity contribution in [3.63, 3.8) is 0 Å². The van der Waals surface area contributed by atoms with E-state index in [-0.39, 0.29) is 6.61 Å². The van der Waals surface area contributed by atoms with E-state index in [1.165, 1.54) is 6.08 Å². The minimum Gasteiger partial charge on any atom is -0.497 e. The van der Waals surface area contributed by atoms with Crippen LogP contribution in [-0.4, -0.2) is 25.5 Å². The molecule has 0 aliphatic heterocycles. The molecule has 0 saturated carbocycles. The number of carbonyl (C=O) groups excluding carboxylic acids is 2. The van der Waals surface area contributed by atoms with Gasteiger partial charge in [0.1, 0.15) is 5.75 Å². The number of esters is 1. The molecule has 0 aliphatic rings. The van der Waals surface area contributed by atoms with Crippen LogP contribution in [0.5, 0.6) is 5.75 Å². The highest BCUT2D eigenvalue weighted by atomic mass is 16.5. The molecule has 0 aromatic heterocycles. The van der Waals surface area contributed by atoms with Gasteiger partial charge >= 0.3 is 5.97 Å². The number of benzene rings is 2. The van der Waals surface area contributed by atoms with E-state index in [0.29, 0.717) is 5.57 Å². The number of carbonyl (C=O) groups is 2. The summed E-state index contributed by atoms with van der Waals surface area (Å²) < 4.78 is 9.94. The molecule has 0 radical (unpaired) electrons. The normalized spacial score (nSPS) is 11.0. The molecule has 0 N–H and O–H groups in total. The summed E-state index contributed by atoms with van der Waals surface area (Å²) >= 11 is 0. The third-order valence-electron chi connectivity index (χ3n) is 3.52. The highest BCUT2D eigenvalue weighted by molar-refractivity contribution is 6.39. The summed E-state index contributed by atoms with van der Waals surface area (Å²) in [6, 6.07) is 15.1. The largest absolute Gasteiger partial charge is 0.497 e. The average Bonchev–Trinajstić information content (AvgIpc) is 2.60. The molecule has 0 fully saturated rings. The van der Waals surface area contributed by atoms with Gasteiger partial charge in [-0.25, -0.2) is 4.79 Å². The summed E-state index contributed by atoms with van der Waals surface area (Å²) in [5, 5.41) is 0. The van der Waals surface area contributed by atoms with Gasteiger partial charge in [0.05, 0.1) is 13.7 Å². The SMILES string of the molecule is CCOC(=O)C(=O)/C=C(\c1ccc(C)cc1)c1ccc(OC)cc1. The molecule has 24 heavy (non-hydrogen) atoms. The molecule has 0 aliphatic carbocycles. The third kappa shape index (κ3) is 4.32.